The maximum atomic E-state index is 12.2. The molecule has 0 aromatic heterocycles. The first-order valence-electron chi connectivity index (χ1n) is 11.1. The third kappa shape index (κ3) is 10.8. The molecule has 39 heavy (non-hydrogen) atoms. The third-order valence-corrected chi connectivity index (χ3v) is 6.80. The van der Waals surface area contributed by atoms with E-state index >= 15 is 0 Å². The molecule has 8 nitrogen and oxygen atoms in total. The molecule has 0 aliphatic rings. The molecule has 210 valence electrons. The Morgan fingerprint density at radius 2 is 1.03 bits per heavy atom. The van der Waals surface area contributed by atoms with Crippen molar-refractivity contribution < 1.29 is 49.3 Å². The quantitative estimate of drug-likeness (QED) is 0.237. The molecule has 4 rings (SSSR count). The predicted molar refractivity (Wildman–Crippen MR) is 138 cm³/mol. The lowest BCUT2D eigenvalue weighted by Gasteiger charge is -2.18. The Morgan fingerprint density at radius 1 is 0.615 bits per heavy atom. The van der Waals surface area contributed by atoms with Gasteiger partial charge in [0.05, 0.1) is 15.9 Å². The van der Waals surface area contributed by atoms with Crippen LogP contribution in [0.2, 0.25) is 0 Å². The lowest BCUT2D eigenvalue weighted by Crippen LogP contribution is -2.30. The zero-order valence-electron chi connectivity index (χ0n) is 20.0. The van der Waals surface area contributed by atoms with E-state index in [1.807, 2.05) is 24.3 Å². The molecule has 13 heteroatoms. The van der Waals surface area contributed by atoms with E-state index in [9.17, 15) is 35.1 Å². The number of aliphatic hydroxyl groups excluding tert-OH is 2. The summed E-state index contributed by atoms with van der Waals surface area (Å²) in [4.78, 5) is -0.148. The minimum atomic E-state index is -4.71. The predicted octanol–water partition coefficient (Wildman–Crippen LogP) is 5.05. The maximum absolute atomic E-state index is 12.2. The fourth-order valence-electron chi connectivity index (χ4n) is 3.08. The van der Waals surface area contributed by atoms with Crippen molar-refractivity contribution in [2.75, 3.05) is 0 Å². The summed E-state index contributed by atoms with van der Waals surface area (Å²) in [6, 6.07) is 27.1. The smallest absolute Gasteiger partial charge is 0.388 e. The van der Waals surface area contributed by atoms with E-state index in [1.54, 1.807) is 54.6 Å². The van der Waals surface area contributed by atoms with Crippen molar-refractivity contribution in [3.8, 4) is 0 Å². The van der Waals surface area contributed by atoms with Crippen molar-refractivity contribution >= 4 is 31.0 Å². The van der Waals surface area contributed by atoms with Crippen LogP contribution >= 0.6 is 0 Å². The molecule has 0 aliphatic carbocycles. The van der Waals surface area contributed by atoms with Gasteiger partial charge in [0.2, 0.25) is 0 Å². The average Bonchev–Trinajstić information content (AvgIpc) is 2.88. The Morgan fingerprint density at radius 3 is 1.41 bits per heavy atom. The van der Waals surface area contributed by atoms with Crippen LogP contribution in [0.15, 0.2) is 113 Å². The number of rotatable bonds is 5. The van der Waals surface area contributed by atoms with Crippen LogP contribution in [0, 0.1) is 0 Å². The van der Waals surface area contributed by atoms with Gasteiger partial charge in [-0.25, -0.2) is 0 Å². The topological polar surface area (TPSA) is 149 Å². The maximum Gasteiger partial charge on any atom is 0.414 e. The van der Waals surface area contributed by atoms with Gasteiger partial charge in [0.1, 0.15) is 0 Å². The van der Waals surface area contributed by atoms with Gasteiger partial charge >= 0.3 is 6.18 Å². The Kier molecular flexibility index (Phi) is 11.2. The van der Waals surface area contributed by atoms with Gasteiger partial charge in [-0.05, 0) is 46.7 Å². The van der Waals surface area contributed by atoms with Gasteiger partial charge < -0.3 is 10.2 Å². The molecule has 0 heterocycles. The van der Waals surface area contributed by atoms with Crippen LogP contribution in [0.1, 0.15) is 18.1 Å². The third-order valence-electron chi connectivity index (χ3n) is 5.06. The van der Waals surface area contributed by atoms with Crippen LogP contribution < -0.4 is 0 Å². The second-order valence-electron chi connectivity index (χ2n) is 7.99. The number of hydrogen-bond donors (Lipinski definition) is 4. The van der Waals surface area contributed by atoms with Crippen molar-refractivity contribution in [3.63, 3.8) is 0 Å². The molecular weight excluding hydrogens is 561 g/mol. The Labute approximate surface area is 223 Å². The fraction of sp³-hybridized carbons (Fsp3) is 0.154. The van der Waals surface area contributed by atoms with Gasteiger partial charge in [0, 0.05) is 6.42 Å². The minimum Gasteiger partial charge on any atom is -0.388 e. The zero-order chi connectivity index (χ0) is 29.3. The molecule has 0 aliphatic heterocycles. The number of hydrogen-bond acceptors (Lipinski definition) is 6. The monoisotopic (exact) mass is 586 g/mol. The number of fused-ring (bicyclic) bond motifs is 1. The van der Waals surface area contributed by atoms with Gasteiger partial charge in [-0.15, -0.1) is 0 Å². The molecule has 0 saturated carbocycles. The first-order chi connectivity index (χ1) is 18.1. The summed E-state index contributed by atoms with van der Waals surface area (Å²) < 4.78 is 95.1. The number of aliphatic hydroxyl groups is 2. The molecule has 0 fully saturated rings. The summed E-state index contributed by atoms with van der Waals surface area (Å²) in [5, 5.41) is 20.5. The van der Waals surface area contributed by atoms with Crippen molar-refractivity contribution in [2.24, 2.45) is 0 Å². The molecule has 0 saturated heterocycles. The largest absolute Gasteiger partial charge is 0.414 e. The minimum absolute atomic E-state index is 0.0741. The molecule has 4 N–H and O–H groups in total. The SMILES string of the molecule is O=S(=O)(O)c1ccccc1.O=S(=O)(O)c1ccccc1.OC(CC(O)C(F)(F)F)c1ccc2ccccc2c1. The highest BCUT2D eigenvalue weighted by Crippen LogP contribution is 2.29. The van der Waals surface area contributed by atoms with Crippen LogP contribution in [0.3, 0.4) is 0 Å². The van der Waals surface area contributed by atoms with Gasteiger partial charge in [0.25, 0.3) is 20.2 Å². The molecule has 0 radical (unpaired) electrons. The Bertz CT molecular complexity index is 1480. The molecule has 0 bridgehead atoms. The number of benzene rings is 4. The van der Waals surface area contributed by atoms with Gasteiger partial charge in [-0.1, -0.05) is 72.8 Å². The van der Waals surface area contributed by atoms with E-state index in [0.29, 0.717) is 5.56 Å². The summed E-state index contributed by atoms with van der Waals surface area (Å²) in [5.74, 6) is 0. The van der Waals surface area contributed by atoms with E-state index in [0.717, 1.165) is 10.8 Å². The standard InChI is InChI=1S/C14H13F3O2.2C6H6O3S/c15-14(16,17)13(19)8-12(18)11-6-5-9-3-1-2-4-10(9)7-11;2*7-10(8,9)6-4-2-1-3-5-6/h1-7,12-13,18-19H,8H2;2*1-5H,(H,7,8,9). The van der Waals surface area contributed by atoms with E-state index < -0.39 is 45.0 Å². The second kappa shape index (κ2) is 13.6. The Balaban J connectivity index is 0.000000225. The van der Waals surface area contributed by atoms with Gasteiger partial charge in [-0.3, -0.25) is 9.11 Å². The summed E-state index contributed by atoms with van der Waals surface area (Å²) >= 11 is 0. The highest BCUT2D eigenvalue weighted by molar-refractivity contribution is 7.86. The molecule has 4 aromatic rings. The van der Waals surface area contributed by atoms with Crippen molar-refractivity contribution in [1.82, 2.24) is 0 Å². The van der Waals surface area contributed by atoms with Crippen molar-refractivity contribution in [3.05, 3.63) is 109 Å². The van der Waals surface area contributed by atoms with Crippen LogP contribution in [0.4, 0.5) is 13.2 Å². The normalized spacial score (nSPS) is 13.3. The molecule has 2 atom stereocenters. The van der Waals surface area contributed by atoms with Gasteiger partial charge in [-0.2, -0.15) is 30.0 Å². The lowest BCUT2D eigenvalue weighted by molar-refractivity contribution is -0.211. The van der Waals surface area contributed by atoms with Crippen LogP contribution in [-0.2, 0) is 20.2 Å². The Hall–Kier alpha value is -3.33. The summed E-state index contributed by atoms with van der Waals surface area (Å²) in [5.41, 5.74) is 0.363. The lowest BCUT2D eigenvalue weighted by atomic mass is 10.00. The van der Waals surface area contributed by atoms with E-state index in [1.165, 1.54) is 24.3 Å². The summed E-state index contributed by atoms with van der Waals surface area (Å²) in [7, 11) is -8.01. The molecule has 4 aromatic carbocycles. The first-order valence-corrected chi connectivity index (χ1v) is 13.9. The summed E-state index contributed by atoms with van der Waals surface area (Å²) in [6.07, 6.45) is -9.34. The molecule has 0 spiro atoms. The first kappa shape index (κ1) is 31.9. The molecule has 0 amide bonds. The van der Waals surface area contributed by atoms with E-state index in [4.69, 9.17) is 14.2 Å². The number of halogens is 3. The highest BCUT2D eigenvalue weighted by atomic mass is 32.2. The van der Waals surface area contributed by atoms with Crippen LogP contribution in [0.5, 0.6) is 0 Å². The molecular formula is C26H25F3O8S2. The fourth-order valence-corrected chi connectivity index (χ4v) is 4.08. The number of alkyl halides is 3. The average molecular weight is 587 g/mol. The highest BCUT2D eigenvalue weighted by Gasteiger charge is 2.39. The van der Waals surface area contributed by atoms with E-state index in [-0.39, 0.29) is 9.79 Å². The summed E-state index contributed by atoms with van der Waals surface area (Å²) in [6.45, 7) is 0. The van der Waals surface area contributed by atoms with Crippen molar-refractivity contribution in [1.29, 1.82) is 0 Å². The zero-order valence-corrected chi connectivity index (χ0v) is 21.7. The van der Waals surface area contributed by atoms with Crippen LogP contribution in [0.25, 0.3) is 10.8 Å². The van der Waals surface area contributed by atoms with Gasteiger partial charge in [0.15, 0.2) is 6.10 Å². The van der Waals surface area contributed by atoms with Crippen LogP contribution in [-0.4, -0.2) is 48.4 Å². The molecule has 2 unspecified atom stereocenters. The van der Waals surface area contributed by atoms with Crippen molar-refractivity contribution in [2.45, 2.75) is 34.6 Å². The second-order valence-corrected chi connectivity index (χ2v) is 10.8. The van der Waals surface area contributed by atoms with E-state index in [2.05, 4.69) is 0 Å².